The van der Waals surface area contributed by atoms with Gasteiger partial charge in [0.05, 0.1) is 0 Å². The van der Waals surface area contributed by atoms with E-state index in [1.165, 1.54) is 19.2 Å². The zero-order valence-electron chi connectivity index (χ0n) is 5.92. The summed E-state index contributed by atoms with van der Waals surface area (Å²) in [6.07, 6.45) is 0. The van der Waals surface area contributed by atoms with Crippen molar-refractivity contribution in [1.82, 2.24) is 15.5 Å². The molecular formula is C6H7N3O2. The number of H-pyrrole nitrogens is 1. The van der Waals surface area contributed by atoms with Crippen LogP contribution in [-0.2, 0) is 0 Å². The molecule has 1 heterocycles. The molecule has 1 rings (SSSR count). The summed E-state index contributed by atoms with van der Waals surface area (Å²) in [5.74, 6) is -0.318. The zero-order valence-corrected chi connectivity index (χ0v) is 5.92. The summed E-state index contributed by atoms with van der Waals surface area (Å²) in [7, 11) is 1.50. The molecule has 5 nitrogen and oxygen atoms in total. The lowest BCUT2D eigenvalue weighted by Crippen LogP contribution is -2.21. The molecule has 0 aliphatic heterocycles. The molecule has 2 N–H and O–H groups in total. The molecule has 1 amide bonds. The van der Waals surface area contributed by atoms with Crippen LogP contribution in [0, 0.1) is 0 Å². The predicted molar refractivity (Wildman–Crippen MR) is 38.2 cm³/mol. The van der Waals surface area contributed by atoms with E-state index in [0.29, 0.717) is 0 Å². The van der Waals surface area contributed by atoms with Gasteiger partial charge in [0.2, 0.25) is 0 Å². The van der Waals surface area contributed by atoms with Crippen LogP contribution in [0.2, 0.25) is 0 Å². The smallest absolute Gasteiger partial charge is 0.271 e. The Kier molecular flexibility index (Phi) is 2.00. The first-order valence-corrected chi connectivity index (χ1v) is 3.02. The predicted octanol–water partition coefficient (Wildman–Crippen LogP) is -0.871. The third kappa shape index (κ3) is 1.64. The Balaban J connectivity index is 2.99. The SMILES string of the molecule is CNC(=O)c1ccc(=O)[nH]n1. The van der Waals surface area contributed by atoms with Gasteiger partial charge in [-0.05, 0) is 6.07 Å². The van der Waals surface area contributed by atoms with Crippen LogP contribution in [0.5, 0.6) is 0 Å². The molecule has 1 aromatic rings. The van der Waals surface area contributed by atoms with E-state index in [9.17, 15) is 9.59 Å². The van der Waals surface area contributed by atoms with Crippen molar-refractivity contribution >= 4 is 5.91 Å². The lowest BCUT2D eigenvalue weighted by molar-refractivity contribution is 0.0957. The molecule has 0 bridgehead atoms. The van der Waals surface area contributed by atoms with Gasteiger partial charge in [-0.25, -0.2) is 5.10 Å². The normalized spacial score (nSPS) is 9.18. The zero-order chi connectivity index (χ0) is 8.27. The van der Waals surface area contributed by atoms with Crippen molar-refractivity contribution in [3.63, 3.8) is 0 Å². The fourth-order valence-electron chi connectivity index (χ4n) is 0.599. The topological polar surface area (TPSA) is 74.8 Å². The Morgan fingerprint density at radius 3 is 2.82 bits per heavy atom. The molecule has 0 fully saturated rings. The number of nitrogens with one attached hydrogen (secondary N) is 2. The summed E-state index contributed by atoms with van der Waals surface area (Å²) in [6, 6.07) is 2.61. The number of aromatic amines is 1. The molecule has 58 valence electrons. The lowest BCUT2D eigenvalue weighted by atomic mass is 10.4. The lowest BCUT2D eigenvalue weighted by Gasteiger charge is -1.94. The number of carbonyl (C=O) groups is 1. The van der Waals surface area contributed by atoms with Gasteiger partial charge in [-0.15, -0.1) is 0 Å². The summed E-state index contributed by atoms with van der Waals surface area (Å²) in [6.45, 7) is 0. The summed E-state index contributed by atoms with van der Waals surface area (Å²) in [5.41, 5.74) is -0.121. The van der Waals surface area contributed by atoms with Gasteiger partial charge < -0.3 is 5.32 Å². The minimum absolute atomic E-state index is 0.201. The molecule has 0 saturated heterocycles. The summed E-state index contributed by atoms with van der Waals surface area (Å²) in [4.78, 5) is 21.3. The molecule has 1 aromatic heterocycles. The number of aromatic nitrogens is 2. The van der Waals surface area contributed by atoms with Gasteiger partial charge in [0.15, 0.2) is 0 Å². The summed E-state index contributed by atoms with van der Waals surface area (Å²) in [5, 5.41) is 8.03. The van der Waals surface area contributed by atoms with Gasteiger partial charge in [-0.3, -0.25) is 9.59 Å². The minimum atomic E-state index is -0.322. The first kappa shape index (κ1) is 7.46. The summed E-state index contributed by atoms with van der Waals surface area (Å²) < 4.78 is 0. The van der Waals surface area contributed by atoms with Gasteiger partial charge in [0, 0.05) is 13.1 Å². The van der Waals surface area contributed by atoms with Crippen molar-refractivity contribution in [3.05, 3.63) is 28.2 Å². The maximum Gasteiger partial charge on any atom is 0.271 e. The molecular weight excluding hydrogens is 146 g/mol. The molecule has 0 saturated carbocycles. The van der Waals surface area contributed by atoms with E-state index >= 15 is 0 Å². The van der Waals surface area contributed by atoms with Crippen LogP contribution >= 0.6 is 0 Å². The van der Waals surface area contributed by atoms with Gasteiger partial charge >= 0.3 is 0 Å². The Morgan fingerprint density at radius 2 is 2.36 bits per heavy atom. The van der Waals surface area contributed by atoms with Crippen molar-refractivity contribution < 1.29 is 4.79 Å². The first-order chi connectivity index (χ1) is 5.24. The Bertz CT molecular complexity index is 297. The van der Waals surface area contributed by atoms with Crippen molar-refractivity contribution in [2.75, 3.05) is 7.05 Å². The maximum atomic E-state index is 10.8. The van der Waals surface area contributed by atoms with Gasteiger partial charge in [-0.2, -0.15) is 5.10 Å². The third-order valence-corrected chi connectivity index (χ3v) is 1.14. The molecule has 0 aliphatic carbocycles. The van der Waals surface area contributed by atoms with E-state index < -0.39 is 0 Å². The average molecular weight is 153 g/mol. The number of hydrogen-bond acceptors (Lipinski definition) is 3. The van der Waals surface area contributed by atoms with Crippen LogP contribution in [0.15, 0.2) is 16.9 Å². The number of carbonyl (C=O) groups excluding carboxylic acids is 1. The Hall–Kier alpha value is -1.65. The van der Waals surface area contributed by atoms with Crippen LogP contribution in [0.4, 0.5) is 0 Å². The highest BCUT2D eigenvalue weighted by Gasteiger charge is 2.02. The van der Waals surface area contributed by atoms with Crippen LogP contribution in [0.25, 0.3) is 0 Å². The standard InChI is InChI=1S/C6H7N3O2/c1-7-6(11)4-2-3-5(10)9-8-4/h2-3H,1H3,(H,7,11)(H,9,10). The van der Waals surface area contributed by atoms with Crippen molar-refractivity contribution in [2.45, 2.75) is 0 Å². The largest absolute Gasteiger partial charge is 0.354 e. The minimum Gasteiger partial charge on any atom is -0.354 e. The first-order valence-electron chi connectivity index (χ1n) is 3.02. The van der Waals surface area contributed by atoms with Crippen LogP contribution < -0.4 is 10.9 Å². The molecule has 0 aliphatic rings. The van der Waals surface area contributed by atoms with Gasteiger partial charge in [0.1, 0.15) is 5.69 Å². The molecule has 0 radical (unpaired) electrons. The summed E-state index contributed by atoms with van der Waals surface area (Å²) >= 11 is 0. The molecule has 11 heavy (non-hydrogen) atoms. The quantitative estimate of drug-likeness (QED) is 0.550. The molecule has 0 unspecified atom stereocenters. The van der Waals surface area contributed by atoms with E-state index in [1.807, 2.05) is 0 Å². The Labute approximate surface area is 62.4 Å². The number of hydrogen-bond donors (Lipinski definition) is 2. The molecule has 0 spiro atoms. The van der Waals surface area contributed by atoms with E-state index in [-0.39, 0.29) is 17.2 Å². The van der Waals surface area contributed by atoms with Crippen molar-refractivity contribution in [1.29, 1.82) is 0 Å². The van der Waals surface area contributed by atoms with E-state index in [2.05, 4.69) is 15.5 Å². The second kappa shape index (κ2) is 2.96. The highest BCUT2D eigenvalue weighted by atomic mass is 16.2. The molecule has 0 atom stereocenters. The van der Waals surface area contributed by atoms with Gasteiger partial charge in [-0.1, -0.05) is 0 Å². The fraction of sp³-hybridized carbons (Fsp3) is 0.167. The van der Waals surface area contributed by atoms with E-state index in [0.717, 1.165) is 0 Å². The average Bonchev–Trinajstić information content (AvgIpc) is 2.05. The number of nitrogens with zero attached hydrogens (tertiary/aromatic N) is 1. The van der Waals surface area contributed by atoms with Crippen molar-refractivity contribution in [3.8, 4) is 0 Å². The third-order valence-electron chi connectivity index (χ3n) is 1.14. The Morgan fingerprint density at radius 1 is 1.64 bits per heavy atom. The number of amides is 1. The highest BCUT2D eigenvalue weighted by molar-refractivity contribution is 5.91. The second-order valence-corrected chi connectivity index (χ2v) is 1.89. The maximum absolute atomic E-state index is 10.8. The fourth-order valence-corrected chi connectivity index (χ4v) is 0.599. The number of rotatable bonds is 1. The highest BCUT2D eigenvalue weighted by Crippen LogP contribution is 1.85. The van der Waals surface area contributed by atoms with Crippen LogP contribution in [-0.4, -0.2) is 23.2 Å². The van der Waals surface area contributed by atoms with E-state index in [1.54, 1.807) is 0 Å². The molecule has 0 aromatic carbocycles. The van der Waals surface area contributed by atoms with E-state index in [4.69, 9.17) is 0 Å². The second-order valence-electron chi connectivity index (χ2n) is 1.89. The van der Waals surface area contributed by atoms with Crippen LogP contribution in [0.3, 0.4) is 0 Å². The van der Waals surface area contributed by atoms with Gasteiger partial charge in [0.25, 0.3) is 11.5 Å². The van der Waals surface area contributed by atoms with Crippen molar-refractivity contribution in [2.24, 2.45) is 0 Å². The van der Waals surface area contributed by atoms with Crippen LogP contribution in [0.1, 0.15) is 10.5 Å². The monoisotopic (exact) mass is 153 g/mol. The molecule has 5 heteroatoms.